The first-order valence-electron chi connectivity index (χ1n) is 5.94. The van der Waals surface area contributed by atoms with Gasteiger partial charge in [0.05, 0.1) is 18.2 Å². The molecule has 2 fully saturated rings. The van der Waals surface area contributed by atoms with Gasteiger partial charge >= 0.3 is 0 Å². The first kappa shape index (κ1) is 11.9. The molecule has 0 aliphatic carbocycles. The molecule has 3 unspecified atom stereocenters. The number of nitrogen functional groups attached to an aromatic ring is 1. The van der Waals surface area contributed by atoms with Gasteiger partial charge in [0.15, 0.2) is 0 Å². The van der Waals surface area contributed by atoms with Crippen molar-refractivity contribution < 1.29 is 13.2 Å². The van der Waals surface area contributed by atoms with Crippen molar-refractivity contribution in [1.82, 2.24) is 9.71 Å². The van der Waals surface area contributed by atoms with Gasteiger partial charge in [-0.2, -0.15) is 0 Å². The topological polar surface area (TPSA) is 94.3 Å². The van der Waals surface area contributed by atoms with Crippen LogP contribution in [0.2, 0.25) is 0 Å². The quantitative estimate of drug-likeness (QED) is 0.821. The van der Waals surface area contributed by atoms with E-state index in [1.807, 2.05) is 0 Å². The average Bonchev–Trinajstić information content (AvgIpc) is 2.91. The largest absolute Gasteiger partial charge is 0.384 e. The molecule has 1 aromatic rings. The summed E-state index contributed by atoms with van der Waals surface area (Å²) >= 11 is 0. The van der Waals surface area contributed by atoms with Crippen molar-refractivity contribution in [1.29, 1.82) is 0 Å². The van der Waals surface area contributed by atoms with E-state index in [4.69, 9.17) is 10.5 Å². The standard InChI is InChI=1S/C11H15N3O3S/c12-11-4-2-8(6-13-11)18(15,16)14-9-5-7-1-3-10(9)17-7/h2,4,6-7,9-10,14H,1,3,5H2,(H2,12,13). The van der Waals surface area contributed by atoms with E-state index in [1.165, 1.54) is 18.3 Å². The maximum atomic E-state index is 12.1. The Hall–Kier alpha value is -1.18. The molecule has 2 aliphatic rings. The minimum atomic E-state index is -3.53. The number of fused-ring (bicyclic) bond motifs is 2. The van der Waals surface area contributed by atoms with Gasteiger partial charge in [-0.1, -0.05) is 0 Å². The van der Waals surface area contributed by atoms with Gasteiger partial charge in [-0.15, -0.1) is 0 Å². The Morgan fingerprint density at radius 1 is 1.39 bits per heavy atom. The molecule has 3 heterocycles. The molecule has 0 spiro atoms. The van der Waals surface area contributed by atoms with Gasteiger partial charge < -0.3 is 10.5 Å². The minimum Gasteiger partial charge on any atom is -0.384 e. The van der Waals surface area contributed by atoms with Gasteiger partial charge in [0.1, 0.15) is 10.7 Å². The highest BCUT2D eigenvalue weighted by atomic mass is 32.2. The fraction of sp³-hybridized carbons (Fsp3) is 0.545. The molecule has 3 N–H and O–H groups in total. The van der Waals surface area contributed by atoms with Crippen LogP contribution in [0.4, 0.5) is 5.82 Å². The number of rotatable bonds is 3. The molecule has 3 rings (SSSR count). The number of nitrogens with two attached hydrogens (primary N) is 1. The summed E-state index contributed by atoms with van der Waals surface area (Å²) in [5, 5.41) is 0. The first-order valence-corrected chi connectivity index (χ1v) is 7.42. The Morgan fingerprint density at radius 3 is 2.78 bits per heavy atom. The summed E-state index contributed by atoms with van der Waals surface area (Å²) in [5.41, 5.74) is 5.44. The molecule has 3 atom stereocenters. The van der Waals surface area contributed by atoms with E-state index < -0.39 is 10.0 Å². The highest BCUT2D eigenvalue weighted by Crippen LogP contribution is 2.34. The fourth-order valence-electron chi connectivity index (χ4n) is 2.58. The van der Waals surface area contributed by atoms with Gasteiger partial charge in [0, 0.05) is 6.20 Å². The second-order valence-electron chi connectivity index (χ2n) is 4.76. The highest BCUT2D eigenvalue weighted by Gasteiger charge is 2.42. The molecule has 0 saturated carbocycles. The SMILES string of the molecule is Nc1ccc(S(=O)(=O)NC2CC3CCC2O3)cn1. The molecule has 7 heteroatoms. The fourth-order valence-corrected chi connectivity index (χ4v) is 3.80. The van der Waals surface area contributed by atoms with Crippen LogP contribution in [-0.2, 0) is 14.8 Å². The summed E-state index contributed by atoms with van der Waals surface area (Å²) < 4.78 is 32.6. The Kier molecular flexibility index (Phi) is 2.76. The van der Waals surface area contributed by atoms with E-state index >= 15 is 0 Å². The molecule has 2 saturated heterocycles. The third kappa shape index (κ3) is 2.09. The van der Waals surface area contributed by atoms with Crippen molar-refractivity contribution in [3.63, 3.8) is 0 Å². The molecule has 1 aromatic heterocycles. The summed E-state index contributed by atoms with van der Waals surface area (Å²) in [5.74, 6) is 0.303. The predicted molar refractivity (Wildman–Crippen MR) is 65.3 cm³/mol. The van der Waals surface area contributed by atoms with Crippen molar-refractivity contribution in [2.45, 2.75) is 42.4 Å². The zero-order valence-corrected chi connectivity index (χ0v) is 10.6. The van der Waals surface area contributed by atoms with Crippen LogP contribution >= 0.6 is 0 Å². The highest BCUT2D eigenvalue weighted by molar-refractivity contribution is 7.89. The van der Waals surface area contributed by atoms with E-state index in [9.17, 15) is 8.42 Å². The van der Waals surface area contributed by atoms with Crippen molar-refractivity contribution >= 4 is 15.8 Å². The number of ether oxygens (including phenoxy) is 1. The molecule has 2 bridgehead atoms. The van der Waals surface area contributed by atoms with Gasteiger partial charge in [0.25, 0.3) is 0 Å². The molecule has 0 aromatic carbocycles. The lowest BCUT2D eigenvalue weighted by atomic mass is 9.96. The lowest BCUT2D eigenvalue weighted by Crippen LogP contribution is -2.41. The van der Waals surface area contributed by atoms with E-state index in [-0.39, 0.29) is 23.1 Å². The predicted octanol–water partition coefficient (Wildman–Crippen LogP) is 0.262. The normalized spacial score (nSPS) is 30.8. The maximum absolute atomic E-state index is 12.1. The van der Waals surface area contributed by atoms with Crippen LogP contribution in [0.3, 0.4) is 0 Å². The van der Waals surface area contributed by atoms with E-state index in [0.717, 1.165) is 19.3 Å². The van der Waals surface area contributed by atoms with Gasteiger partial charge in [-0.3, -0.25) is 0 Å². The number of aromatic nitrogens is 1. The lowest BCUT2D eigenvalue weighted by molar-refractivity contribution is 0.0996. The maximum Gasteiger partial charge on any atom is 0.242 e. The van der Waals surface area contributed by atoms with Crippen molar-refractivity contribution in [2.75, 3.05) is 5.73 Å². The third-order valence-electron chi connectivity index (χ3n) is 3.48. The second kappa shape index (κ2) is 4.18. The molecule has 6 nitrogen and oxygen atoms in total. The third-order valence-corrected chi connectivity index (χ3v) is 4.96. The number of hydrogen-bond acceptors (Lipinski definition) is 5. The zero-order chi connectivity index (χ0) is 12.8. The first-order chi connectivity index (χ1) is 8.54. The average molecular weight is 269 g/mol. The Labute approximate surface area is 106 Å². The minimum absolute atomic E-state index is 0.0199. The number of nitrogens with one attached hydrogen (secondary N) is 1. The van der Waals surface area contributed by atoms with Crippen LogP contribution in [-0.4, -0.2) is 31.7 Å². The van der Waals surface area contributed by atoms with E-state index in [1.54, 1.807) is 0 Å². The Balaban J connectivity index is 1.77. The Bertz CT molecular complexity index is 543. The summed E-state index contributed by atoms with van der Waals surface area (Å²) in [4.78, 5) is 3.93. The van der Waals surface area contributed by atoms with Gasteiger partial charge in [-0.25, -0.2) is 18.1 Å². The molecule has 98 valence electrons. The van der Waals surface area contributed by atoms with Crippen LogP contribution in [0.15, 0.2) is 23.2 Å². The second-order valence-corrected chi connectivity index (χ2v) is 6.47. The van der Waals surface area contributed by atoms with Crippen LogP contribution in [0, 0.1) is 0 Å². The summed E-state index contributed by atoms with van der Waals surface area (Å²) in [7, 11) is -3.53. The number of hydrogen-bond donors (Lipinski definition) is 2. The molecular formula is C11H15N3O3S. The molecular weight excluding hydrogens is 254 g/mol. The van der Waals surface area contributed by atoms with Crippen molar-refractivity contribution in [3.05, 3.63) is 18.3 Å². The van der Waals surface area contributed by atoms with Crippen LogP contribution < -0.4 is 10.5 Å². The van der Waals surface area contributed by atoms with Crippen LogP contribution in [0.25, 0.3) is 0 Å². The number of pyridine rings is 1. The molecule has 0 amide bonds. The zero-order valence-electron chi connectivity index (χ0n) is 9.74. The smallest absolute Gasteiger partial charge is 0.242 e. The number of nitrogens with zero attached hydrogens (tertiary/aromatic N) is 1. The summed E-state index contributed by atoms with van der Waals surface area (Å²) in [6.45, 7) is 0. The molecule has 18 heavy (non-hydrogen) atoms. The summed E-state index contributed by atoms with van der Waals surface area (Å²) in [6, 6.07) is 2.82. The number of anilines is 1. The van der Waals surface area contributed by atoms with E-state index in [0.29, 0.717) is 5.82 Å². The molecule has 0 radical (unpaired) electrons. The monoisotopic (exact) mass is 269 g/mol. The van der Waals surface area contributed by atoms with Crippen molar-refractivity contribution in [2.24, 2.45) is 0 Å². The Morgan fingerprint density at radius 2 is 2.22 bits per heavy atom. The molecule has 2 aliphatic heterocycles. The number of sulfonamides is 1. The van der Waals surface area contributed by atoms with Crippen molar-refractivity contribution in [3.8, 4) is 0 Å². The van der Waals surface area contributed by atoms with Gasteiger partial charge in [-0.05, 0) is 31.4 Å². The van der Waals surface area contributed by atoms with Gasteiger partial charge in [0.2, 0.25) is 10.0 Å². The lowest BCUT2D eigenvalue weighted by Gasteiger charge is -2.19. The van der Waals surface area contributed by atoms with Crippen LogP contribution in [0.1, 0.15) is 19.3 Å². The summed E-state index contributed by atoms with van der Waals surface area (Å²) in [6.07, 6.45) is 4.22. The van der Waals surface area contributed by atoms with E-state index in [2.05, 4.69) is 9.71 Å². The van der Waals surface area contributed by atoms with Crippen LogP contribution in [0.5, 0.6) is 0 Å².